The van der Waals surface area contributed by atoms with Crippen LogP contribution in [-0.4, -0.2) is 48.6 Å². The summed E-state index contributed by atoms with van der Waals surface area (Å²) in [4.78, 5) is 40.3. The van der Waals surface area contributed by atoms with Gasteiger partial charge in [-0.15, -0.1) is 10.2 Å². The molecular weight excluding hydrogens is 460 g/mol. The van der Waals surface area contributed by atoms with E-state index in [4.69, 9.17) is 4.98 Å². The summed E-state index contributed by atoms with van der Waals surface area (Å²) in [6, 6.07) is 18.3. The van der Waals surface area contributed by atoms with Gasteiger partial charge in [0.2, 0.25) is 11.1 Å². The van der Waals surface area contributed by atoms with Gasteiger partial charge in [0, 0.05) is 36.6 Å². The van der Waals surface area contributed by atoms with Crippen LogP contribution in [0.3, 0.4) is 0 Å². The normalized spacial score (nSPS) is 14.2. The topological polar surface area (TPSA) is 102 Å². The lowest BCUT2D eigenvalue weighted by molar-refractivity contribution is -0.117. The molecule has 3 aromatic heterocycles. The molecule has 4 aromatic rings. The molecule has 1 saturated heterocycles. The van der Waals surface area contributed by atoms with Crippen molar-refractivity contribution in [3.63, 3.8) is 0 Å². The van der Waals surface area contributed by atoms with Crippen LogP contribution in [0.1, 0.15) is 30.1 Å². The quantitative estimate of drug-likeness (QED) is 0.281. The monoisotopic (exact) mass is 482 g/mol. The van der Waals surface area contributed by atoms with Crippen molar-refractivity contribution in [3.8, 4) is 22.8 Å². The zero-order valence-corrected chi connectivity index (χ0v) is 19.9. The summed E-state index contributed by atoms with van der Waals surface area (Å²) in [6.07, 6.45) is 4.81. The first-order valence-corrected chi connectivity index (χ1v) is 12.2. The number of thioether (sulfide) groups is 1. The highest BCUT2D eigenvalue weighted by Crippen LogP contribution is 2.30. The Labute approximate surface area is 206 Å². The van der Waals surface area contributed by atoms with Gasteiger partial charge in [-0.2, -0.15) is 0 Å². The average Bonchev–Trinajstić information content (AvgIpc) is 3.35. The number of ketones is 1. The third-order valence-corrected chi connectivity index (χ3v) is 6.62. The summed E-state index contributed by atoms with van der Waals surface area (Å²) in [5, 5.41) is 8.60. The number of pyridine rings is 2. The predicted molar refractivity (Wildman–Crippen MR) is 134 cm³/mol. The molecule has 1 aromatic carbocycles. The molecule has 0 saturated carbocycles. The van der Waals surface area contributed by atoms with Crippen LogP contribution in [0.2, 0.25) is 0 Å². The van der Waals surface area contributed by atoms with E-state index in [1.165, 1.54) is 11.8 Å². The van der Waals surface area contributed by atoms with Gasteiger partial charge in [0.05, 0.1) is 16.6 Å². The van der Waals surface area contributed by atoms with Gasteiger partial charge in [-0.3, -0.25) is 19.6 Å². The number of rotatable bonds is 7. The van der Waals surface area contributed by atoms with Gasteiger partial charge < -0.3 is 4.90 Å². The van der Waals surface area contributed by atoms with Crippen LogP contribution in [0.4, 0.5) is 5.69 Å². The summed E-state index contributed by atoms with van der Waals surface area (Å²) < 4.78 is 0. The van der Waals surface area contributed by atoms with Gasteiger partial charge in [-0.05, 0) is 61.9 Å². The molecule has 9 heteroatoms. The fraction of sp³-hybridized carbons (Fsp3) is 0.192. The van der Waals surface area contributed by atoms with Crippen LogP contribution in [0.25, 0.3) is 22.8 Å². The highest BCUT2D eigenvalue weighted by atomic mass is 32.2. The van der Waals surface area contributed by atoms with Crippen LogP contribution >= 0.6 is 11.8 Å². The Kier molecular flexibility index (Phi) is 6.58. The van der Waals surface area contributed by atoms with E-state index in [2.05, 4.69) is 20.2 Å². The summed E-state index contributed by atoms with van der Waals surface area (Å²) in [6.45, 7) is 2.54. The molecule has 35 heavy (non-hydrogen) atoms. The summed E-state index contributed by atoms with van der Waals surface area (Å²) in [7, 11) is 0. The standard InChI is InChI=1S/C26H22N6O2S/c1-17(25(34)18-10-12-19(13-11-18)32-16-6-9-22(32)33)35-26-29-23(20-7-2-4-14-27-20)24(30-31-26)21-8-3-5-15-28-21/h2-5,7-8,10-15,17H,6,9,16H2,1H3/t17-/m1/s1. The van der Waals surface area contributed by atoms with E-state index in [1.807, 2.05) is 55.5 Å². The van der Waals surface area contributed by atoms with E-state index in [9.17, 15) is 9.59 Å². The maximum Gasteiger partial charge on any atom is 0.227 e. The third kappa shape index (κ3) is 4.95. The van der Waals surface area contributed by atoms with Crippen molar-refractivity contribution in [3.05, 3.63) is 78.6 Å². The Balaban J connectivity index is 1.37. The van der Waals surface area contributed by atoms with Crippen molar-refractivity contribution in [2.75, 3.05) is 11.4 Å². The number of amides is 1. The highest BCUT2D eigenvalue weighted by molar-refractivity contribution is 8.00. The lowest BCUT2D eigenvalue weighted by Gasteiger charge is -2.16. The minimum atomic E-state index is -0.437. The van der Waals surface area contributed by atoms with Crippen LogP contribution in [0.15, 0.2) is 78.2 Å². The van der Waals surface area contributed by atoms with Gasteiger partial charge >= 0.3 is 0 Å². The maximum atomic E-state index is 13.1. The molecule has 1 fully saturated rings. The number of benzene rings is 1. The second-order valence-corrected chi connectivity index (χ2v) is 9.35. The second-order valence-electron chi connectivity index (χ2n) is 8.04. The molecule has 1 amide bonds. The number of nitrogens with zero attached hydrogens (tertiary/aromatic N) is 6. The number of hydrogen-bond acceptors (Lipinski definition) is 8. The first-order valence-electron chi connectivity index (χ1n) is 11.3. The van der Waals surface area contributed by atoms with Gasteiger partial charge in [0.1, 0.15) is 11.4 Å². The van der Waals surface area contributed by atoms with Crippen molar-refractivity contribution in [1.82, 2.24) is 25.1 Å². The molecule has 4 heterocycles. The van der Waals surface area contributed by atoms with Gasteiger partial charge in [0.15, 0.2) is 5.78 Å². The van der Waals surface area contributed by atoms with Crippen molar-refractivity contribution in [1.29, 1.82) is 0 Å². The molecule has 174 valence electrons. The minimum Gasteiger partial charge on any atom is -0.312 e. The number of carbonyl (C=O) groups excluding carboxylic acids is 2. The molecular formula is C26H22N6O2S. The van der Waals surface area contributed by atoms with E-state index in [1.54, 1.807) is 29.4 Å². The van der Waals surface area contributed by atoms with E-state index in [0.29, 0.717) is 39.9 Å². The van der Waals surface area contributed by atoms with Crippen molar-refractivity contribution >= 4 is 29.1 Å². The largest absolute Gasteiger partial charge is 0.312 e. The first kappa shape index (κ1) is 22.8. The van der Waals surface area contributed by atoms with Gasteiger partial charge in [-0.1, -0.05) is 23.9 Å². The fourth-order valence-corrected chi connectivity index (χ4v) is 4.68. The van der Waals surface area contributed by atoms with Gasteiger partial charge in [-0.25, -0.2) is 4.98 Å². The minimum absolute atomic E-state index is 0.0499. The zero-order chi connectivity index (χ0) is 24.2. The smallest absolute Gasteiger partial charge is 0.227 e. The zero-order valence-electron chi connectivity index (χ0n) is 19.0. The van der Waals surface area contributed by atoms with Crippen LogP contribution in [0, 0.1) is 0 Å². The number of carbonyl (C=O) groups is 2. The molecule has 1 aliphatic heterocycles. The number of Topliss-reactive ketones (excluding diaryl/α,β-unsaturated/α-hetero) is 1. The maximum absolute atomic E-state index is 13.1. The average molecular weight is 483 g/mol. The second kappa shape index (κ2) is 10.1. The first-order chi connectivity index (χ1) is 17.1. The van der Waals surface area contributed by atoms with Crippen LogP contribution in [0.5, 0.6) is 0 Å². The molecule has 8 nitrogen and oxygen atoms in total. The third-order valence-electron chi connectivity index (χ3n) is 5.67. The Bertz CT molecular complexity index is 1350. The molecule has 0 radical (unpaired) electrons. The van der Waals surface area contributed by atoms with Crippen molar-refractivity contribution < 1.29 is 9.59 Å². The molecule has 1 atom stereocenters. The Morgan fingerprint density at radius 3 is 2.20 bits per heavy atom. The molecule has 0 spiro atoms. The predicted octanol–water partition coefficient (Wildman–Crippen LogP) is 4.49. The summed E-state index contributed by atoms with van der Waals surface area (Å²) in [5.41, 5.74) is 3.77. The molecule has 1 aliphatic rings. The Morgan fingerprint density at radius 1 is 0.914 bits per heavy atom. The molecule has 0 unspecified atom stereocenters. The number of anilines is 1. The molecule has 5 rings (SSSR count). The summed E-state index contributed by atoms with van der Waals surface area (Å²) in [5.74, 6) is 0.0709. The molecule has 0 N–H and O–H groups in total. The molecule has 0 aliphatic carbocycles. The number of hydrogen-bond donors (Lipinski definition) is 0. The van der Waals surface area contributed by atoms with E-state index in [0.717, 1.165) is 18.7 Å². The van der Waals surface area contributed by atoms with Crippen molar-refractivity contribution in [2.24, 2.45) is 0 Å². The lowest BCUT2D eigenvalue weighted by Crippen LogP contribution is -2.23. The highest BCUT2D eigenvalue weighted by Gasteiger charge is 2.24. The lowest BCUT2D eigenvalue weighted by atomic mass is 10.1. The fourth-order valence-electron chi connectivity index (χ4n) is 3.89. The van der Waals surface area contributed by atoms with Crippen molar-refractivity contribution in [2.45, 2.75) is 30.2 Å². The SMILES string of the molecule is C[C@@H](Sc1nnc(-c2ccccn2)c(-c2ccccn2)n1)C(=O)c1ccc(N2CCCC2=O)cc1. The van der Waals surface area contributed by atoms with Crippen LogP contribution in [-0.2, 0) is 4.79 Å². The number of aromatic nitrogens is 5. The van der Waals surface area contributed by atoms with E-state index in [-0.39, 0.29) is 11.7 Å². The van der Waals surface area contributed by atoms with E-state index >= 15 is 0 Å². The van der Waals surface area contributed by atoms with E-state index < -0.39 is 5.25 Å². The summed E-state index contributed by atoms with van der Waals surface area (Å²) >= 11 is 1.24. The molecule has 0 bridgehead atoms. The van der Waals surface area contributed by atoms with Crippen LogP contribution < -0.4 is 4.90 Å². The Morgan fingerprint density at radius 2 is 1.60 bits per heavy atom. The van der Waals surface area contributed by atoms with Gasteiger partial charge in [0.25, 0.3) is 0 Å². The Hall–Kier alpha value is -3.98.